The fraction of sp³-hybridized carbons (Fsp3) is 0.478. The molecule has 1 saturated heterocycles. The number of H-pyrrole nitrogens is 1. The van der Waals surface area contributed by atoms with Crippen LogP contribution in [-0.2, 0) is 15.1 Å². The van der Waals surface area contributed by atoms with Crippen LogP contribution in [-0.4, -0.2) is 33.7 Å². The summed E-state index contributed by atoms with van der Waals surface area (Å²) in [4.78, 5) is 21.4. The Morgan fingerprint density at radius 1 is 1.24 bits per heavy atom. The van der Waals surface area contributed by atoms with E-state index in [1.807, 2.05) is 36.4 Å². The van der Waals surface area contributed by atoms with Gasteiger partial charge in [-0.25, -0.2) is 4.98 Å². The second kappa shape index (κ2) is 8.41. The minimum atomic E-state index is -0.223. The Bertz CT molecular complexity index is 908. The van der Waals surface area contributed by atoms with Crippen LogP contribution in [0, 0.1) is 5.92 Å². The van der Waals surface area contributed by atoms with Gasteiger partial charge in [0.2, 0.25) is 5.91 Å². The van der Waals surface area contributed by atoms with Gasteiger partial charge >= 0.3 is 0 Å². The lowest BCUT2D eigenvalue weighted by atomic mass is 9.85. The molecule has 6 nitrogen and oxygen atoms in total. The van der Waals surface area contributed by atoms with Crippen molar-refractivity contribution >= 4 is 16.9 Å². The molecule has 1 fully saturated rings. The second-order valence-corrected chi connectivity index (χ2v) is 8.17. The molecule has 0 spiro atoms. The Labute approximate surface area is 171 Å². The van der Waals surface area contributed by atoms with Crippen molar-refractivity contribution in [3.63, 3.8) is 0 Å². The largest absolute Gasteiger partial charge is 0.381 e. The number of nitrogens with zero attached hydrogens (tertiary/aromatic N) is 2. The molecule has 1 amide bonds. The summed E-state index contributed by atoms with van der Waals surface area (Å²) in [6, 6.07) is 11.9. The lowest BCUT2D eigenvalue weighted by Crippen LogP contribution is -2.44. The van der Waals surface area contributed by atoms with Gasteiger partial charge in [-0.2, -0.15) is 0 Å². The predicted molar refractivity (Wildman–Crippen MR) is 114 cm³/mol. The highest BCUT2D eigenvalue weighted by Gasteiger charge is 2.37. The first-order valence-electron chi connectivity index (χ1n) is 10.6. The zero-order chi connectivity index (χ0) is 20.3. The Kier molecular flexibility index (Phi) is 5.72. The Morgan fingerprint density at radius 3 is 2.66 bits per heavy atom. The first-order chi connectivity index (χ1) is 14.1. The summed E-state index contributed by atoms with van der Waals surface area (Å²) in [7, 11) is 0. The van der Waals surface area contributed by atoms with Crippen molar-refractivity contribution < 1.29 is 9.53 Å². The summed E-state index contributed by atoms with van der Waals surface area (Å²) >= 11 is 0. The van der Waals surface area contributed by atoms with Crippen LogP contribution in [0.5, 0.6) is 0 Å². The van der Waals surface area contributed by atoms with Gasteiger partial charge < -0.3 is 19.6 Å². The zero-order valence-electron chi connectivity index (χ0n) is 17.2. The van der Waals surface area contributed by atoms with Crippen LogP contribution in [0.3, 0.4) is 0 Å². The van der Waals surface area contributed by atoms with Crippen LogP contribution in [0.25, 0.3) is 11.0 Å². The van der Waals surface area contributed by atoms with E-state index in [1.54, 1.807) is 0 Å². The third kappa shape index (κ3) is 4.08. The van der Waals surface area contributed by atoms with Crippen LogP contribution in [0.4, 0.5) is 0 Å². The van der Waals surface area contributed by atoms with E-state index >= 15 is 0 Å². The van der Waals surface area contributed by atoms with Crippen LogP contribution >= 0.6 is 0 Å². The van der Waals surface area contributed by atoms with E-state index in [-0.39, 0.29) is 23.4 Å². The topological polar surface area (TPSA) is 71.9 Å². The molecule has 29 heavy (non-hydrogen) atoms. The fourth-order valence-electron chi connectivity index (χ4n) is 4.29. The van der Waals surface area contributed by atoms with Gasteiger partial charge in [0.1, 0.15) is 5.82 Å². The van der Waals surface area contributed by atoms with Crippen molar-refractivity contribution in [1.29, 1.82) is 0 Å². The molecule has 2 aromatic heterocycles. The van der Waals surface area contributed by atoms with E-state index in [0.717, 1.165) is 36.1 Å². The van der Waals surface area contributed by atoms with E-state index in [9.17, 15) is 4.79 Å². The molecule has 0 aliphatic carbocycles. The first-order valence-corrected chi connectivity index (χ1v) is 10.6. The van der Waals surface area contributed by atoms with Crippen molar-refractivity contribution in [1.82, 2.24) is 19.9 Å². The average molecular weight is 395 g/mol. The number of para-hydroxylation sites is 2. The van der Waals surface area contributed by atoms with Gasteiger partial charge in [-0.3, -0.25) is 4.79 Å². The predicted octanol–water partition coefficient (Wildman–Crippen LogP) is 4.16. The number of benzene rings is 1. The number of imidazole rings is 1. The van der Waals surface area contributed by atoms with Gasteiger partial charge in [-0.15, -0.1) is 0 Å². The summed E-state index contributed by atoms with van der Waals surface area (Å²) in [5, 5.41) is 3.29. The number of carbonyl (C=O) groups is 1. The quantitative estimate of drug-likeness (QED) is 0.632. The van der Waals surface area contributed by atoms with Crippen molar-refractivity contribution in [2.45, 2.75) is 51.1 Å². The maximum Gasteiger partial charge on any atom is 0.222 e. The molecule has 2 atom stereocenters. The number of rotatable bonds is 7. The van der Waals surface area contributed by atoms with Crippen LogP contribution in [0.1, 0.15) is 51.4 Å². The monoisotopic (exact) mass is 394 g/mol. The molecule has 3 heterocycles. The van der Waals surface area contributed by atoms with E-state index in [2.05, 4.69) is 41.1 Å². The van der Waals surface area contributed by atoms with Gasteiger partial charge in [0, 0.05) is 25.6 Å². The third-order valence-corrected chi connectivity index (χ3v) is 6.30. The highest BCUT2D eigenvalue weighted by Crippen LogP contribution is 2.34. The maximum absolute atomic E-state index is 13.2. The molecule has 1 aliphatic rings. The number of aromatic nitrogens is 3. The van der Waals surface area contributed by atoms with Crippen molar-refractivity contribution in [2.24, 2.45) is 5.92 Å². The number of aromatic amines is 1. The number of fused-ring (bicyclic) bond motifs is 1. The molecule has 0 bridgehead atoms. The van der Waals surface area contributed by atoms with Crippen molar-refractivity contribution in [3.05, 3.63) is 54.6 Å². The van der Waals surface area contributed by atoms with Crippen LogP contribution in [0.15, 0.2) is 48.8 Å². The lowest BCUT2D eigenvalue weighted by molar-refractivity contribution is -0.125. The minimum absolute atomic E-state index is 0.0614. The summed E-state index contributed by atoms with van der Waals surface area (Å²) in [5.41, 5.74) is 1.70. The number of hydrogen-bond acceptors (Lipinski definition) is 3. The number of amides is 1. The van der Waals surface area contributed by atoms with E-state index in [1.165, 1.54) is 0 Å². The standard InChI is InChI=1S/C23H30N4O2/c1-3-17(2)21(22-24-18-8-4-5-9-19(18)25-22)26-20(28)16-23(10-14-29-15-11-23)27-12-6-7-13-27/h4-9,12-13,17,21H,3,10-11,14-16H2,1-2H3,(H,24,25)(H,26,28)/t17-,21-/m1/s1. The number of ether oxygens (including phenoxy) is 1. The van der Waals surface area contributed by atoms with Crippen molar-refractivity contribution in [2.75, 3.05) is 13.2 Å². The number of carbonyl (C=O) groups excluding carboxylic acids is 1. The highest BCUT2D eigenvalue weighted by atomic mass is 16.5. The molecular formula is C23H30N4O2. The van der Waals surface area contributed by atoms with Gasteiger partial charge in [-0.05, 0) is 43.0 Å². The highest BCUT2D eigenvalue weighted by molar-refractivity contribution is 5.78. The minimum Gasteiger partial charge on any atom is -0.381 e. The van der Waals surface area contributed by atoms with Crippen LogP contribution < -0.4 is 5.32 Å². The van der Waals surface area contributed by atoms with E-state index in [0.29, 0.717) is 19.6 Å². The van der Waals surface area contributed by atoms with Crippen molar-refractivity contribution in [3.8, 4) is 0 Å². The lowest BCUT2D eigenvalue weighted by Gasteiger charge is -2.39. The fourth-order valence-corrected chi connectivity index (χ4v) is 4.29. The van der Waals surface area contributed by atoms with Crippen LogP contribution in [0.2, 0.25) is 0 Å². The number of hydrogen-bond donors (Lipinski definition) is 2. The molecule has 1 aliphatic heterocycles. The Morgan fingerprint density at radius 2 is 1.97 bits per heavy atom. The van der Waals surface area contributed by atoms with Gasteiger partial charge in [0.25, 0.3) is 0 Å². The molecule has 6 heteroatoms. The maximum atomic E-state index is 13.2. The summed E-state index contributed by atoms with van der Waals surface area (Å²) in [6.45, 7) is 5.67. The SMILES string of the molecule is CC[C@@H](C)[C@@H](NC(=O)CC1(n2cccc2)CCOCC1)c1nc2ccccc2[nH]1. The molecule has 0 unspecified atom stereocenters. The summed E-state index contributed by atoms with van der Waals surface area (Å²) in [6.07, 6.45) is 7.20. The molecule has 0 radical (unpaired) electrons. The smallest absolute Gasteiger partial charge is 0.222 e. The molecule has 1 aromatic carbocycles. The van der Waals surface area contributed by atoms with Gasteiger partial charge in [-0.1, -0.05) is 32.4 Å². The molecule has 154 valence electrons. The van der Waals surface area contributed by atoms with E-state index in [4.69, 9.17) is 9.72 Å². The molecule has 4 rings (SSSR count). The first kappa shape index (κ1) is 19.7. The third-order valence-electron chi connectivity index (χ3n) is 6.30. The molecular weight excluding hydrogens is 364 g/mol. The average Bonchev–Trinajstić information content (AvgIpc) is 3.42. The Hall–Kier alpha value is -2.60. The normalized spacial score (nSPS) is 18.4. The number of nitrogens with one attached hydrogen (secondary N) is 2. The molecule has 0 saturated carbocycles. The van der Waals surface area contributed by atoms with E-state index < -0.39 is 0 Å². The summed E-state index contributed by atoms with van der Waals surface area (Å²) < 4.78 is 7.77. The molecule has 3 aromatic rings. The second-order valence-electron chi connectivity index (χ2n) is 8.17. The van der Waals surface area contributed by atoms with Gasteiger partial charge in [0.15, 0.2) is 0 Å². The zero-order valence-corrected chi connectivity index (χ0v) is 17.2. The summed E-state index contributed by atoms with van der Waals surface area (Å²) in [5.74, 6) is 1.17. The Balaban J connectivity index is 1.56. The van der Waals surface area contributed by atoms with Gasteiger partial charge in [0.05, 0.1) is 29.0 Å². The molecule has 2 N–H and O–H groups in total.